The molecule has 0 aliphatic heterocycles. The van der Waals surface area contributed by atoms with E-state index in [4.69, 9.17) is 10.3 Å². The number of hydrogen-bond donors (Lipinski definition) is 2. The Morgan fingerprint density at radius 3 is 2.78 bits per heavy atom. The van der Waals surface area contributed by atoms with Crippen LogP contribution in [0.3, 0.4) is 0 Å². The number of rotatable bonds is 6. The summed E-state index contributed by atoms with van der Waals surface area (Å²) >= 11 is 0. The maximum atomic E-state index is 5.63. The molecular formula is C16H18N6O. The summed E-state index contributed by atoms with van der Waals surface area (Å²) in [5.41, 5.74) is 7.76. The molecule has 0 fully saturated rings. The van der Waals surface area contributed by atoms with Crippen molar-refractivity contribution in [1.29, 1.82) is 0 Å². The molecule has 0 amide bonds. The van der Waals surface area contributed by atoms with Crippen molar-refractivity contribution >= 4 is 11.8 Å². The van der Waals surface area contributed by atoms with Gasteiger partial charge in [0.1, 0.15) is 5.82 Å². The fraction of sp³-hybridized carbons (Fsp3) is 0.250. The van der Waals surface area contributed by atoms with E-state index in [9.17, 15) is 0 Å². The molecule has 7 nitrogen and oxygen atoms in total. The van der Waals surface area contributed by atoms with E-state index in [0.29, 0.717) is 30.5 Å². The van der Waals surface area contributed by atoms with E-state index in [2.05, 4.69) is 25.4 Å². The Labute approximate surface area is 134 Å². The second kappa shape index (κ2) is 6.87. The number of anilines is 2. The number of aryl methyl sites for hydroxylation is 1. The Balaban J connectivity index is 1.64. The Morgan fingerprint density at radius 1 is 1.17 bits per heavy atom. The van der Waals surface area contributed by atoms with Gasteiger partial charge < -0.3 is 15.6 Å². The normalized spacial score (nSPS) is 10.7. The quantitative estimate of drug-likeness (QED) is 0.719. The van der Waals surface area contributed by atoms with Gasteiger partial charge in [0.2, 0.25) is 11.8 Å². The minimum Gasteiger partial charge on any atom is -0.368 e. The maximum Gasteiger partial charge on any atom is 0.245 e. The monoisotopic (exact) mass is 310 g/mol. The fourth-order valence-corrected chi connectivity index (χ4v) is 2.20. The number of nitrogen functional groups attached to an aromatic ring is 1. The summed E-state index contributed by atoms with van der Waals surface area (Å²) in [5, 5.41) is 7.17. The van der Waals surface area contributed by atoms with E-state index in [1.165, 1.54) is 0 Å². The summed E-state index contributed by atoms with van der Waals surface area (Å²) in [5.74, 6) is 2.10. The molecule has 0 radical (unpaired) electrons. The van der Waals surface area contributed by atoms with Crippen molar-refractivity contribution in [1.82, 2.24) is 20.1 Å². The molecule has 118 valence electrons. The van der Waals surface area contributed by atoms with Crippen molar-refractivity contribution in [2.24, 2.45) is 0 Å². The van der Waals surface area contributed by atoms with Gasteiger partial charge in [-0.15, -0.1) is 0 Å². The van der Waals surface area contributed by atoms with Crippen LogP contribution in [0.4, 0.5) is 11.8 Å². The van der Waals surface area contributed by atoms with Crippen LogP contribution in [0.5, 0.6) is 0 Å². The summed E-state index contributed by atoms with van der Waals surface area (Å²) in [7, 11) is 0. The standard InChI is InChI=1S/C16H18N6O/c1-2-12-9-19-16(17)21-15(12)18-10-14-20-13(22-23-14)8-11-6-4-3-5-7-11/h3-7,9H,2,8,10H2,1H3,(H3,17,18,19,21). The van der Waals surface area contributed by atoms with Crippen LogP contribution >= 0.6 is 0 Å². The molecule has 0 aliphatic carbocycles. The predicted molar refractivity (Wildman–Crippen MR) is 86.7 cm³/mol. The van der Waals surface area contributed by atoms with E-state index in [1.807, 2.05) is 37.3 Å². The third-order valence-electron chi connectivity index (χ3n) is 3.39. The van der Waals surface area contributed by atoms with Gasteiger partial charge in [-0.25, -0.2) is 4.98 Å². The molecule has 3 aromatic rings. The summed E-state index contributed by atoms with van der Waals surface area (Å²) < 4.78 is 5.26. The van der Waals surface area contributed by atoms with E-state index < -0.39 is 0 Å². The Hall–Kier alpha value is -2.96. The zero-order valence-corrected chi connectivity index (χ0v) is 12.9. The Kier molecular flexibility index (Phi) is 4.46. The molecule has 0 atom stereocenters. The van der Waals surface area contributed by atoms with Crippen molar-refractivity contribution in [3.05, 3.63) is 59.4 Å². The highest BCUT2D eigenvalue weighted by atomic mass is 16.5. The lowest BCUT2D eigenvalue weighted by Crippen LogP contribution is -2.07. The van der Waals surface area contributed by atoms with Crippen LogP contribution in [0, 0.1) is 0 Å². The van der Waals surface area contributed by atoms with E-state index in [0.717, 1.165) is 17.5 Å². The van der Waals surface area contributed by atoms with Crippen LogP contribution in [-0.2, 0) is 19.4 Å². The first-order chi connectivity index (χ1) is 11.2. The molecule has 1 aromatic carbocycles. The largest absolute Gasteiger partial charge is 0.368 e. The average Bonchev–Trinajstić information content (AvgIpc) is 3.01. The Bertz CT molecular complexity index is 771. The van der Waals surface area contributed by atoms with E-state index in [-0.39, 0.29) is 5.95 Å². The van der Waals surface area contributed by atoms with Gasteiger partial charge in [0.25, 0.3) is 0 Å². The average molecular weight is 310 g/mol. The molecule has 0 aliphatic rings. The number of nitrogens with two attached hydrogens (primary N) is 1. The van der Waals surface area contributed by atoms with E-state index in [1.54, 1.807) is 6.20 Å². The molecule has 3 N–H and O–H groups in total. The van der Waals surface area contributed by atoms with Crippen LogP contribution in [-0.4, -0.2) is 20.1 Å². The molecule has 0 spiro atoms. The third kappa shape index (κ3) is 3.82. The highest BCUT2D eigenvalue weighted by Gasteiger charge is 2.09. The van der Waals surface area contributed by atoms with Crippen LogP contribution in [0.2, 0.25) is 0 Å². The first-order valence-electron chi connectivity index (χ1n) is 7.45. The molecule has 2 heterocycles. The van der Waals surface area contributed by atoms with Crippen LogP contribution < -0.4 is 11.1 Å². The van der Waals surface area contributed by atoms with Gasteiger partial charge in [0, 0.05) is 18.2 Å². The number of nitrogens with zero attached hydrogens (tertiary/aromatic N) is 4. The van der Waals surface area contributed by atoms with Crippen LogP contribution in [0.25, 0.3) is 0 Å². The first-order valence-corrected chi connectivity index (χ1v) is 7.45. The van der Waals surface area contributed by atoms with Crippen molar-refractivity contribution in [3.63, 3.8) is 0 Å². The number of aromatic nitrogens is 4. The van der Waals surface area contributed by atoms with Crippen molar-refractivity contribution in [2.75, 3.05) is 11.1 Å². The molecule has 0 saturated carbocycles. The summed E-state index contributed by atoms with van der Waals surface area (Å²) in [4.78, 5) is 12.6. The van der Waals surface area contributed by atoms with Gasteiger partial charge in [0.15, 0.2) is 5.82 Å². The minimum absolute atomic E-state index is 0.236. The summed E-state index contributed by atoms with van der Waals surface area (Å²) in [6.07, 6.45) is 3.18. The maximum absolute atomic E-state index is 5.63. The summed E-state index contributed by atoms with van der Waals surface area (Å²) in [6.45, 7) is 2.43. The van der Waals surface area contributed by atoms with Crippen molar-refractivity contribution < 1.29 is 4.52 Å². The van der Waals surface area contributed by atoms with Gasteiger partial charge in [-0.05, 0) is 12.0 Å². The molecule has 3 rings (SSSR count). The third-order valence-corrected chi connectivity index (χ3v) is 3.39. The fourth-order valence-electron chi connectivity index (χ4n) is 2.20. The molecule has 0 bridgehead atoms. The number of benzene rings is 1. The second-order valence-corrected chi connectivity index (χ2v) is 5.08. The van der Waals surface area contributed by atoms with Crippen LogP contribution in [0.1, 0.15) is 29.8 Å². The van der Waals surface area contributed by atoms with Gasteiger partial charge in [-0.1, -0.05) is 42.4 Å². The lowest BCUT2D eigenvalue weighted by atomic mass is 10.1. The van der Waals surface area contributed by atoms with Gasteiger partial charge >= 0.3 is 0 Å². The van der Waals surface area contributed by atoms with Gasteiger partial charge in [0.05, 0.1) is 6.54 Å². The topological polar surface area (TPSA) is 103 Å². The lowest BCUT2D eigenvalue weighted by Gasteiger charge is -2.07. The van der Waals surface area contributed by atoms with Gasteiger partial charge in [-0.3, -0.25) is 0 Å². The zero-order valence-electron chi connectivity index (χ0n) is 12.9. The zero-order chi connectivity index (χ0) is 16.1. The smallest absolute Gasteiger partial charge is 0.245 e. The second-order valence-electron chi connectivity index (χ2n) is 5.08. The molecule has 7 heteroatoms. The lowest BCUT2D eigenvalue weighted by molar-refractivity contribution is 0.378. The molecule has 23 heavy (non-hydrogen) atoms. The van der Waals surface area contributed by atoms with Crippen molar-refractivity contribution in [2.45, 2.75) is 26.3 Å². The highest BCUT2D eigenvalue weighted by Crippen LogP contribution is 2.14. The molecule has 2 aromatic heterocycles. The first kappa shape index (κ1) is 15.0. The SMILES string of the molecule is CCc1cnc(N)nc1NCc1nc(Cc2ccccc2)no1. The molecular weight excluding hydrogens is 292 g/mol. The number of hydrogen-bond acceptors (Lipinski definition) is 7. The summed E-state index contributed by atoms with van der Waals surface area (Å²) in [6, 6.07) is 10.0. The highest BCUT2D eigenvalue weighted by molar-refractivity contribution is 5.45. The molecule has 0 saturated heterocycles. The van der Waals surface area contributed by atoms with Crippen LogP contribution in [0.15, 0.2) is 41.1 Å². The predicted octanol–water partition coefficient (Wildman–Crippen LogP) is 2.21. The molecule has 0 unspecified atom stereocenters. The van der Waals surface area contributed by atoms with Gasteiger partial charge in [-0.2, -0.15) is 9.97 Å². The van der Waals surface area contributed by atoms with Crippen molar-refractivity contribution in [3.8, 4) is 0 Å². The Morgan fingerprint density at radius 2 is 2.00 bits per heavy atom. The number of nitrogens with one attached hydrogen (secondary N) is 1. The van der Waals surface area contributed by atoms with E-state index >= 15 is 0 Å². The minimum atomic E-state index is 0.236.